The molecule has 0 unspecified atom stereocenters. The van der Waals surface area contributed by atoms with E-state index in [9.17, 15) is 4.79 Å². The predicted octanol–water partition coefficient (Wildman–Crippen LogP) is -0.00750. The van der Waals surface area contributed by atoms with E-state index in [1.54, 1.807) is 6.92 Å². The number of primary amides is 1. The fraction of sp³-hybridized carbons (Fsp3) is 0.667. The molecule has 0 fully saturated rings. The molecular weight excluding hydrogens is 166 g/mol. The molecule has 13 heavy (non-hydrogen) atoms. The summed E-state index contributed by atoms with van der Waals surface area (Å²) in [6.45, 7) is 9.86. The van der Waals surface area contributed by atoms with Crippen molar-refractivity contribution in [3.05, 3.63) is 12.2 Å². The second-order valence-corrected chi connectivity index (χ2v) is 2.64. The maximum atomic E-state index is 9.82. The molecule has 0 aromatic carbocycles. The first-order valence-electron chi connectivity index (χ1n) is 4.42. The van der Waals surface area contributed by atoms with Crippen LogP contribution in [0.2, 0.25) is 0 Å². The highest BCUT2D eigenvalue weighted by molar-refractivity contribution is 5.90. The standard InChI is InChI=1S/C5H14N2.C4H7NO/c1-2-7-5-3-4-6;1-3(2)4(5)6/h7H,2-6H2,1H3;1H2,2H3,(H2,5,6). The SMILES string of the molecule is C=C(C)C(N)=O.CCNCCCN. The van der Waals surface area contributed by atoms with Crippen molar-refractivity contribution in [3.63, 3.8) is 0 Å². The molecule has 0 saturated heterocycles. The van der Waals surface area contributed by atoms with E-state index in [0.29, 0.717) is 5.57 Å². The van der Waals surface area contributed by atoms with E-state index in [1.165, 1.54) is 0 Å². The average molecular weight is 187 g/mol. The van der Waals surface area contributed by atoms with Crippen molar-refractivity contribution in [3.8, 4) is 0 Å². The third kappa shape index (κ3) is 18.2. The van der Waals surface area contributed by atoms with Gasteiger partial charge < -0.3 is 16.8 Å². The Kier molecular flexibility index (Phi) is 12.5. The highest BCUT2D eigenvalue weighted by Crippen LogP contribution is 1.78. The molecule has 78 valence electrons. The van der Waals surface area contributed by atoms with Crippen LogP contribution in [0.5, 0.6) is 0 Å². The minimum atomic E-state index is -0.435. The quantitative estimate of drug-likeness (QED) is 0.418. The molecule has 0 radical (unpaired) electrons. The molecule has 4 nitrogen and oxygen atoms in total. The summed E-state index contributed by atoms with van der Waals surface area (Å²) in [5, 5.41) is 3.17. The van der Waals surface area contributed by atoms with Crippen molar-refractivity contribution >= 4 is 5.91 Å². The number of amides is 1. The van der Waals surface area contributed by atoms with Gasteiger partial charge in [0.2, 0.25) is 5.91 Å². The van der Waals surface area contributed by atoms with Crippen LogP contribution in [0.25, 0.3) is 0 Å². The molecule has 1 amide bonds. The molecule has 0 aliphatic carbocycles. The summed E-state index contributed by atoms with van der Waals surface area (Å²) in [7, 11) is 0. The fourth-order valence-electron chi connectivity index (χ4n) is 0.404. The summed E-state index contributed by atoms with van der Waals surface area (Å²) >= 11 is 0. The Morgan fingerprint density at radius 3 is 2.23 bits per heavy atom. The Labute approximate surface area is 80.4 Å². The second-order valence-electron chi connectivity index (χ2n) is 2.64. The van der Waals surface area contributed by atoms with Gasteiger partial charge in [0, 0.05) is 5.57 Å². The highest BCUT2D eigenvalue weighted by Gasteiger charge is 1.86. The monoisotopic (exact) mass is 187 g/mol. The van der Waals surface area contributed by atoms with Crippen molar-refractivity contribution in [1.29, 1.82) is 0 Å². The molecule has 0 heterocycles. The van der Waals surface area contributed by atoms with Crippen molar-refractivity contribution in [1.82, 2.24) is 5.32 Å². The van der Waals surface area contributed by atoms with Gasteiger partial charge in [0.15, 0.2) is 0 Å². The second kappa shape index (κ2) is 11.1. The van der Waals surface area contributed by atoms with Gasteiger partial charge in [-0.3, -0.25) is 4.79 Å². The molecule has 0 spiro atoms. The minimum Gasteiger partial charge on any atom is -0.366 e. The van der Waals surface area contributed by atoms with E-state index in [0.717, 1.165) is 26.1 Å². The van der Waals surface area contributed by atoms with Crippen molar-refractivity contribution in [2.24, 2.45) is 11.5 Å². The van der Waals surface area contributed by atoms with E-state index >= 15 is 0 Å². The predicted molar refractivity (Wildman–Crippen MR) is 56.2 cm³/mol. The summed E-state index contributed by atoms with van der Waals surface area (Å²) in [5.74, 6) is -0.435. The summed E-state index contributed by atoms with van der Waals surface area (Å²) in [4.78, 5) is 9.82. The van der Waals surface area contributed by atoms with Crippen molar-refractivity contribution in [2.75, 3.05) is 19.6 Å². The number of nitrogens with two attached hydrogens (primary N) is 2. The van der Waals surface area contributed by atoms with Crippen LogP contribution in [0.4, 0.5) is 0 Å². The first kappa shape index (κ1) is 14.6. The first-order valence-corrected chi connectivity index (χ1v) is 4.42. The number of carbonyl (C=O) groups excluding carboxylic acids is 1. The average Bonchev–Trinajstić information content (AvgIpc) is 2.06. The summed E-state index contributed by atoms with van der Waals surface area (Å²) in [5.41, 5.74) is 10.3. The molecule has 5 N–H and O–H groups in total. The number of rotatable bonds is 5. The number of hydrogen-bond donors (Lipinski definition) is 3. The van der Waals surface area contributed by atoms with E-state index in [2.05, 4.69) is 18.8 Å². The zero-order valence-corrected chi connectivity index (χ0v) is 8.60. The molecule has 0 atom stereocenters. The molecule has 0 aliphatic heterocycles. The van der Waals surface area contributed by atoms with E-state index < -0.39 is 5.91 Å². The lowest BCUT2D eigenvalue weighted by molar-refractivity contribution is -0.114. The van der Waals surface area contributed by atoms with Crippen molar-refractivity contribution < 1.29 is 4.79 Å². The van der Waals surface area contributed by atoms with Gasteiger partial charge in [-0.05, 0) is 33.0 Å². The molecule has 0 saturated carbocycles. The number of nitrogens with one attached hydrogen (secondary N) is 1. The van der Waals surface area contributed by atoms with Crippen LogP contribution in [0.3, 0.4) is 0 Å². The Hall–Kier alpha value is -0.870. The van der Waals surface area contributed by atoms with E-state index in [1.807, 2.05) is 0 Å². The zero-order valence-electron chi connectivity index (χ0n) is 8.60. The number of hydrogen-bond acceptors (Lipinski definition) is 3. The number of carbonyl (C=O) groups is 1. The van der Waals surface area contributed by atoms with Crippen LogP contribution < -0.4 is 16.8 Å². The van der Waals surface area contributed by atoms with Crippen molar-refractivity contribution in [2.45, 2.75) is 20.3 Å². The van der Waals surface area contributed by atoms with Gasteiger partial charge >= 0.3 is 0 Å². The van der Waals surface area contributed by atoms with Crippen LogP contribution in [0.15, 0.2) is 12.2 Å². The van der Waals surface area contributed by atoms with Gasteiger partial charge in [-0.25, -0.2) is 0 Å². The topological polar surface area (TPSA) is 81.1 Å². The lowest BCUT2D eigenvalue weighted by Crippen LogP contribution is -2.17. The van der Waals surface area contributed by atoms with Crippen LogP contribution >= 0.6 is 0 Å². The van der Waals surface area contributed by atoms with Crippen LogP contribution in [0.1, 0.15) is 20.3 Å². The van der Waals surface area contributed by atoms with Gasteiger partial charge in [-0.2, -0.15) is 0 Å². The smallest absolute Gasteiger partial charge is 0.243 e. The van der Waals surface area contributed by atoms with Crippen LogP contribution in [-0.2, 0) is 4.79 Å². The molecule has 4 heteroatoms. The Morgan fingerprint density at radius 1 is 1.54 bits per heavy atom. The van der Waals surface area contributed by atoms with Gasteiger partial charge in [0.25, 0.3) is 0 Å². The zero-order chi connectivity index (χ0) is 10.7. The molecule has 0 bridgehead atoms. The Morgan fingerprint density at radius 2 is 2.00 bits per heavy atom. The first-order chi connectivity index (χ1) is 6.06. The fourth-order valence-corrected chi connectivity index (χ4v) is 0.404. The molecule has 0 aliphatic rings. The molecule has 0 aromatic rings. The minimum absolute atomic E-state index is 0.398. The maximum absolute atomic E-state index is 9.82. The summed E-state index contributed by atoms with van der Waals surface area (Å²) in [6.07, 6.45) is 1.09. The van der Waals surface area contributed by atoms with Crippen LogP contribution in [-0.4, -0.2) is 25.5 Å². The lowest BCUT2D eigenvalue weighted by atomic mass is 10.3. The normalized spacial score (nSPS) is 8.54. The Balaban J connectivity index is 0. The molecule has 0 aromatic heterocycles. The van der Waals surface area contributed by atoms with Gasteiger partial charge in [-0.15, -0.1) is 0 Å². The van der Waals surface area contributed by atoms with E-state index in [-0.39, 0.29) is 0 Å². The Bertz CT molecular complexity index is 130. The summed E-state index contributed by atoms with van der Waals surface area (Å²) in [6, 6.07) is 0. The maximum Gasteiger partial charge on any atom is 0.243 e. The third-order valence-electron chi connectivity index (χ3n) is 1.23. The van der Waals surface area contributed by atoms with Gasteiger partial charge in [0.05, 0.1) is 0 Å². The van der Waals surface area contributed by atoms with Gasteiger partial charge in [0.1, 0.15) is 0 Å². The van der Waals surface area contributed by atoms with E-state index in [4.69, 9.17) is 11.5 Å². The molecule has 0 rings (SSSR count). The lowest BCUT2D eigenvalue weighted by Gasteiger charge is -1.95. The highest BCUT2D eigenvalue weighted by atomic mass is 16.1. The van der Waals surface area contributed by atoms with Gasteiger partial charge in [-0.1, -0.05) is 13.5 Å². The van der Waals surface area contributed by atoms with Crippen LogP contribution in [0, 0.1) is 0 Å². The largest absolute Gasteiger partial charge is 0.366 e. The molecular formula is C9H21N3O. The summed E-state index contributed by atoms with van der Waals surface area (Å²) < 4.78 is 0. The third-order valence-corrected chi connectivity index (χ3v) is 1.23.